The second-order valence-corrected chi connectivity index (χ2v) is 7.52. The molecule has 0 fully saturated rings. The van der Waals surface area contributed by atoms with Gasteiger partial charge in [0.05, 0.1) is 23.5 Å². The Kier molecular flexibility index (Phi) is 6.06. The lowest BCUT2D eigenvalue weighted by atomic mass is 10.1. The minimum atomic E-state index is -1.89. The van der Waals surface area contributed by atoms with Gasteiger partial charge in [-0.2, -0.15) is 5.10 Å². The Morgan fingerprint density at radius 1 is 1.37 bits per heavy atom. The summed E-state index contributed by atoms with van der Waals surface area (Å²) >= 11 is -0.595. The Morgan fingerprint density at radius 2 is 2.11 bits per heavy atom. The van der Waals surface area contributed by atoms with Crippen molar-refractivity contribution in [3.05, 3.63) is 64.7 Å². The van der Waals surface area contributed by atoms with Crippen LogP contribution < -0.4 is 11.4 Å². The first-order valence-corrected chi connectivity index (χ1v) is 9.86. The molecule has 2 aromatic heterocycles. The molecule has 8 nitrogen and oxygen atoms in total. The van der Waals surface area contributed by atoms with Crippen LogP contribution in [0.1, 0.15) is 5.56 Å². The standard InChI is InChI=1S/C16H16FN5O3S2/c17-5-12(6-18)8-22-16(23)21(10-20-22)15-19-7-14(26-15)13-3-1-11(2-4-13)9-27(24)25/h1-5,7,10H,6,8-9,18H2,(H,24,25)/b12-5-. The number of nitrogens with two attached hydrogens (primary N) is 1. The number of aromatic nitrogens is 4. The average molecular weight is 409 g/mol. The molecule has 0 bridgehead atoms. The first kappa shape index (κ1) is 19.3. The molecule has 0 radical (unpaired) electrons. The molecule has 3 aromatic rings. The molecule has 0 spiro atoms. The largest absolute Gasteiger partial charge is 0.352 e. The molecule has 142 valence electrons. The number of rotatable bonds is 7. The fourth-order valence-corrected chi connectivity index (χ4v) is 3.69. The van der Waals surface area contributed by atoms with E-state index in [1.54, 1.807) is 18.3 Å². The molecule has 0 aliphatic rings. The topological polar surface area (TPSA) is 116 Å². The molecule has 0 saturated heterocycles. The van der Waals surface area contributed by atoms with Gasteiger partial charge in [0, 0.05) is 12.7 Å². The van der Waals surface area contributed by atoms with E-state index in [1.807, 2.05) is 12.1 Å². The smallest absolute Gasteiger partial charge is 0.327 e. The zero-order chi connectivity index (χ0) is 19.4. The lowest BCUT2D eigenvalue weighted by molar-refractivity contribution is 0.563. The Hall–Kier alpha value is -2.47. The summed E-state index contributed by atoms with van der Waals surface area (Å²) in [6.45, 7) is -0.0260. The zero-order valence-corrected chi connectivity index (χ0v) is 15.6. The number of nitrogens with zero attached hydrogens (tertiary/aromatic N) is 4. The Morgan fingerprint density at radius 3 is 2.74 bits per heavy atom. The van der Waals surface area contributed by atoms with E-state index in [0.717, 1.165) is 20.7 Å². The van der Waals surface area contributed by atoms with Crippen molar-refractivity contribution >= 4 is 22.4 Å². The molecular weight excluding hydrogens is 393 g/mol. The molecule has 3 N–H and O–H groups in total. The van der Waals surface area contributed by atoms with E-state index >= 15 is 0 Å². The summed E-state index contributed by atoms with van der Waals surface area (Å²) in [5.74, 6) is 0.0704. The maximum atomic E-state index is 12.7. The predicted molar refractivity (Wildman–Crippen MR) is 102 cm³/mol. The molecule has 11 heteroatoms. The fourth-order valence-electron chi connectivity index (χ4n) is 2.33. The summed E-state index contributed by atoms with van der Waals surface area (Å²) in [5.41, 5.74) is 6.84. The third-order valence-electron chi connectivity index (χ3n) is 3.73. The minimum Gasteiger partial charge on any atom is -0.327 e. The summed E-state index contributed by atoms with van der Waals surface area (Å²) in [4.78, 5) is 17.5. The van der Waals surface area contributed by atoms with E-state index in [0.29, 0.717) is 11.5 Å². The van der Waals surface area contributed by atoms with Gasteiger partial charge in [0.25, 0.3) is 0 Å². The lowest BCUT2D eigenvalue weighted by Crippen LogP contribution is -2.25. The highest BCUT2D eigenvalue weighted by Crippen LogP contribution is 2.27. The third-order valence-corrected chi connectivity index (χ3v) is 5.36. The third kappa shape index (κ3) is 4.45. The Bertz CT molecular complexity index is 1040. The summed E-state index contributed by atoms with van der Waals surface area (Å²) in [5, 5.41) is 4.40. The summed E-state index contributed by atoms with van der Waals surface area (Å²) in [6, 6.07) is 7.19. The quantitative estimate of drug-likeness (QED) is 0.574. The van der Waals surface area contributed by atoms with Crippen LogP contribution in [0.25, 0.3) is 15.6 Å². The fraction of sp³-hybridized carbons (Fsp3) is 0.188. The molecule has 1 atom stereocenters. The number of thiazole rings is 1. The van der Waals surface area contributed by atoms with Crippen LogP contribution >= 0.6 is 11.3 Å². The van der Waals surface area contributed by atoms with Crippen molar-refractivity contribution in [1.82, 2.24) is 19.3 Å². The average Bonchev–Trinajstić information content (AvgIpc) is 3.27. The van der Waals surface area contributed by atoms with Crippen LogP contribution in [0.15, 0.2) is 53.5 Å². The van der Waals surface area contributed by atoms with Gasteiger partial charge in [0.2, 0.25) is 0 Å². The van der Waals surface area contributed by atoms with Crippen LogP contribution in [-0.2, 0) is 23.4 Å². The van der Waals surface area contributed by atoms with Crippen LogP contribution in [0.3, 0.4) is 0 Å². The van der Waals surface area contributed by atoms with Gasteiger partial charge in [-0.3, -0.25) is 0 Å². The van der Waals surface area contributed by atoms with Gasteiger partial charge in [-0.15, -0.1) is 0 Å². The van der Waals surface area contributed by atoms with Gasteiger partial charge in [-0.25, -0.2) is 27.6 Å². The second-order valence-electron chi connectivity index (χ2n) is 5.58. The van der Waals surface area contributed by atoms with E-state index in [-0.39, 0.29) is 24.4 Å². The van der Waals surface area contributed by atoms with Gasteiger partial charge < -0.3 is 10.3 Å². The van der Waals surface area contributed by atoms with Crippen molar-refractivity contribution in [2.24, 2.45) is 5.73 Å². The first-order valence-electron chi connectivity index (χ1n) is 7.77. The molecular formula is C16H16FN5O3S2. The van der Waals surface area contributed by atoms with Crippen molar-refractivity contribution in [2.75, 3.05) is 6.54 Å². The molecule has 1 aromatic carbocycles. The van der Waals surface area contributed by atoms with Crippen molar-refractivity contribution in [1.29, 1.82) is 0 Å². The van der Waals surface area contributed by atoms with E-state index in [9.17, 15) is 13.4 Å². The van der Waals surface area contributed by atoms with E-state index in [1.165, 1.54) is 22.2 Å². The molecule has 2 heterocycles. The molecule has 0 aliphatic carbocycles. The molecule has 0 aliphatic heterocycles. The molecule has 0 amide bonds. The number of hydrogen-bond acceptors (Lipinski definition) is 6. The normalized spacial score (nSPS) is 13.1. The van der Waals surface area contributed by atoms with Gasteiger partial charge in [-0.05, 0) is 16.7 Å². The van der Waals surface area contributed by atoms with Crippen molar-refractivity contribution in [2.45, 2.75) is 12.3 Å². The number of halogens is 1. The lowest BCUT2D eigenvalue weighted by Gasteiger charge is -2.01. The molecule has 3 rings (SSSR count). The summed E-state index contributed by atoms with van der Waals surface area (Å²) < 4.78 is 34.8. The van der Waals surface area contributed by atoms with Crippen molar-refractivity contribution < 1.29 is 13.2 Å². The van der Waals surface area contributed by atoms with Crippen LogP contribution in [-0.4, -0.2) is 34.6 Å². The SMILES string of the molecule is NC/C(=C/F)Cn1ncn(-c2ncc(-c3ccc(CS(=O)O)cc3)s2)c1=O. The van der Waals surface area contributed by atoms with Crippen LogP contribution in [0.5, 0.6) is 0 Å². The molecule has 27 heavy (non-hydrogen) atoms. The predicted octanol–water partition coefficient (Wildman–Crippen LogP) is 1.69. The van der Waals surface area contributed by atoms with Gasteiger partial charge in [0.15, 0.2) is 16.2 Å². The monoisotopic (exact) mass is 409 g/mol. The number of hydrogen-bond donors (Lipinski definition) is 2. The van der Waals surface area contributed by atoms with E-state index in [2.05, 4.69) is 10.1 Å². The van der Waals surface area contributed by atoms with E-state index < -0.39 is 16.8 Å². The van der Waals surface area contributed by atoms with Crippen LogP contribution in [0, 0.1) is 0 Å². The zero-order valence-electron chi connectivity index (χ0n) is 14.0. The highest BCUT2D eigenvalue weighted by molar-refractivity contribution is 7.78. The van der Waals surface area contributed by atoms with Gasteiger partial charge >= 0.3 is 5.69 Å². The Labute approximate surface area is 160 Å². The Balaban J connectivity index is 1.83. The first-order chi connectivity index (χ1) is 13.0. The van der Waals surface area contributed by atoms with Gasteiger partial charge in [-0.1, -0.05) is 35.6 Å². The summed E-state index contributed by atoms with van der Waals surface area (Å²) in [6.07, 6.45) is 3.34. The minimum absolute atomic E-state index is 0.00291. The summed E-state index contributed by atoms with van der Waals surface area (Å²) in [7, 11) is 0. The van der Waals surface area contributed by atoms with Gasteiger partial charge in [0.1, 0.15) is 6.33 Å². The molecule has 1 unspecified atom stereocenters. The van der Waals surface area contributed by atoms with Crippen LogP contribution in [0.2, 0.25) is 0 Å². The van der Waals surface area contributed by atoms with Crippen molar-refractivity contribution in [3.63, 3.8) is 0 Å². The van der Waals surface area contributed by atoms with Crippen molar-refractivity contribution in [3.8, 4) is 15.6 Å². The maximum Gasteiger partial charge on any atom is 0.352 e. The molecule has 0 saturated carbocycles. The maximum absolute atomic E-state index is 12.7. The second kappa shape index (κ2) is 8.48. The van der Waals surface area contributed by atoms with E-state index in [4.69, 9.17) is 10.3 Å². The van der Waals surface area contributed by atoms with Crippen LogP contribution in [0.4, 0.5) is 4.39 Å². The highest BCUT2D eigenvalue weighted by atomic mass is 32.2. The highest BCUT2D eigenvalue weighted by Gasteiger charge is 2.12. The number of benzene rings is 1.